The van der Waals surface area contributed by atoms with Gasteiger partial charge in [-0.1, -0.05) is 20.3 Å². The number of nitrogens with one attached hydrogen (secondary N) is 1. The molecule has 0 fully saturated rings. The molecule has 0 aliphatic carbocycles. The lowest BCUT2D eigenvalue weighted by Crippen LogP contribution is -2.52. The van der Waals surface area contributed by atoms with Crippen molar-refractivity contribution in [2.75, 3.05) is 20.8 Å². The third kappa shape index (κ3) is 5.14. The average Bonchev–Trinajstić information content (AvgIpc) is 2.33. The van der Waals surface area contributed by atoms with Gasteiger partial charge in [0.1, 0.15) is 12.1 Å². The summed E-state index contributed by atoms with van der Waals surface area (Å²) in [7, 11) is 2.75. The minimum Gasteiger partial charge on any atom is -0.467 e. The van der Waals surface area contributed by atoms with E-state index in [1.165, 1.54) is 14.2 Å². The zero-order valence-electron chi connectivity index (χ0n) is 10.9. The van der Waals surface area contributed by atoms with Gasteiger partial charge in [-0.2, -0.15) is 0 Å². The van der Waals surface area contributed by atoms with Crippen molar-refractivity contribution in [1.82, 2.24) is 5.32 Å². The van der Waals surface area contributed by atoms with Gasteiger partial charge in [-0.05, 0) is 5.92 Å². The zero-order valence-corrected chi connectivity index (χ0v) is 10.9. The van der Waals surface area contributed by atoms with Crippen molar-refractivity contribution in [3.05, 3.63) is 0 Å². The summed E-state index contributed by atoms with van der Waals surface area (Å²) < 4.78 is 9.43. The van der Waals surface area contributed by atoms with Crippen LogP contribution in [0.2, 0.25) is 0 Å². The molecule has 0 saturated heterocycles. The summed E-state index contributed by atoms with van der Waals surface area (Å²) in [4.78, 5) is 23.2. The van der Waals surface area contributed by atoms with E-state index in [9.17, 15) is 9.59 Å². The number of methoxy groups -OCH3 is 2. The van der Waals surface area contributed by atoms with Crippen LogP contribution in [0.3, 0.4) is 0 Å². The molecule has 3 N–H and O–H groups in total. The largest absolute Gasteiger partial charge is 0.467 e. The summed E-state index contributed by atoms with van der Waals surface area (Å²) in [6, 6.07) is -1.45. The summed E-state index contributed by atoms with van der Waals surface area (Å²) in [5, 5.41) is 2.58. The molecule has 0 bridgehead atoms. The van der Waals surface area contributed by atoms with Gasteiger partial charge in [0.25, 0.3) is 0 Å². The highest BCUT2D eigenvalue weighted by molar-refractivity contribution is 5.87. The van der Waals surface area contributed by atoms with Crippen molar-refractivity contribution < 1.29 is 19.1 Å². The van der Waals surface area contributed by atoms with E-state index in [1.54, 1.807) is 0 Å². The molecule has 0 rings (SSSR count). The van der Waals surface area contributed by atoms with Gasteiger partial charge in [0.2, 0.25) is 5.91 Å². The Morgan fingerprint density at radius 1 is 1.35 bits per heavy atom. The van der Waals surface area contributed by atoms with Crippen LogP contribution in [0.25, 0.3) is 0 Å². The summed E-state index contributed by atoms with van der Waals surface area (Å²) in [5.41, 5.74) is 5.57. The van der Waals surface area contributed by atoms with E-state index in [0.717, 1.165) is 6.42 Å². The fourth-order valence-electron chi connectivity index (χ4n) is 1.31. The van der Waals surface area contributed by atoms with E-state index < -0.39 is 24.0 Å². The third-order valence-electron chi connectivity index (χ3n) is 2.65. The topological polar surface area (TPSA) is 90.7 Å². The Morgan fingerprint density at radius 2 is 1.94 bits per heavy atom. The van der Waals surface area contributed by atoms with Crippen LogP contribution >= 0.6 is 0 Å². The van der Waals surface area contributed by atoms with E-state index in [0.29, 0.717) is 0 Å². The van der Waals surface area contributed by atoms with Crippen LogP contribution in [-0.2, 0) is 19.1 Å². The molecule has 1 amide bonds. The van der Waals surface area contributed by atoms with Crippen LogP contribution in [0.15, 0.2) is 0 Å². The first-order chi connectivity index (χ1) is 7.97. The van der Waals surface area contributed by atoms with E-state index in [-0.39, 0.29) is 12.5 Å². The van der Waals surface area contributed by atoms with Crippen LogP contribution in [0.4, 0.5) is 0 Å². The molecule has 3 unspecified atom stereocenters. The van der Waals surface area contributed by atoms with Crippen molar-refractivity contribution >= 4 is 11.9 Å². The van der Waals surface area contributed by atoms with Crippen LogP contribution in [0, 0.1) is 5.92 Å². The maximum absolute atomic E-state index is 11.7. The first-order valence-corrected chi connectivity index (χ1v) is 5.60. The summed E-state index contributed by atoms with van der Waals surface area (Å²) in [5.74, 6) is -0.888. The van der Waals surface area contributed by atoms with Crippen LogP contribution < -0.4 is 11.1 Å². The maximum Gasteiger partial charge on any atom is 0.328 e. The second-order valence-corrected chi connectivity index (χ2v) is 3.96. The SMILES string of the molecule is CCC(C)C(NC(=O)C(N)COC)C(=O)OC. The van der Waals surface area contributed by atoms with Crippen molar-refractivity contribution in [2.45, 2.75) is 32.4 Å². The molecule has 6 nitrogen and oxygen atoms in total. The van der Waals surface area contributed by atoms with Crippen LogP contribution in [0.5, 0.6) is 0 Å². The van der Waals surface area contributed by atoms with Crippen molar-refractivity contribution in [3.8, 4) is 0 Å². The number of amides is 1. The summed E-state index contributed by atoms with van der Waals surface area (Å²) in [6.45, 7) is 3.91. The molecular formula is C11H22N2O4. The van der Waals surface area contributed by atoms with E-state index in [2.05, 4.69) is 10.1 Å². The lowest BCUT2D eigenvalue weighted by molar-refractivity contribution is -0.146. The first kappa shape index (κ1) is 15.9. The minimum absolute atomic E-state index is 0.0128. The summed E-state index contributed by atoms with van der Waals surface area (Å²) >= 11 is 0. The molecule has 0 aliphatic heterocycles. The normalized spacial score (nSPS) is 15.8. The predicted octanol–water partition coefficient (Wildman–Crippen LogP) is -0.336. The molecule has 0 saturated carbocycles. The van der Waals surface area contributed by atoms with Crippen LogP contribution in [-0.4, -0.2) is 44.8 Å². The molecule has 0 aliphatic rings. The molecular weight excluding hydrogens is 224 g/mol. The average molecular weight is 246 g/mol. The second kappa shape index (κ2) is 8.03. The molecule has 100 valence electrons. The fraction of sp³-hybridized carbons (Fsp3) is 0.818. The number of hydrogen-bond acceptors (Lipinski definition) is 5. The molecule has 0 radical (unpaired) electrons. The molecule has 0 aromatic carbocycles. The van der Waals surface area contributed by atoms with E-state index in [1.807, 2.05) is 13.8 Å². The van der Waals surface area contributed by atoms with Gasteiger partial charge < -0.3 is 20.5 Å². The molecule has 17 heavy (non-hydrogen) atoms. The lowest BCUT2D eigenvalue weighted by atomic mass is 9.99. The number of carbonyl (C=O) groups is 2. The highest BCUT2D eigenvalue weighted by atomic mass is 16.5. The quantitative estimate of drug-likeness (QED) is 0.600. The van der Waals surface area contributed by atoms with Crippen LogP contribution in [0.1, 0.15) is 20.3 Å². The molecule has 6 heteroatoms. The fourth-order valence-corrected chi connectivity index (χ4v) is 1.31. The Hall–Kier alpha value is -1.14. The second-order valence-electron chi connectivity index (χ2n) is 3.96. The molecule has 0 spiro atoms. The van der Waals surface area contributed by atoms with Crippen molar-refractivity contribution in [3.63, 3.8) is 0 Å². The van der Waals surface area contributed by atoms with Gasteiger partial charge in [-0.25, -0.2) is 4.79 Å². The Kier molecular flexibility index (Phi) is 7.49. The third-order valence-corrected chi connectivity index (χ3v) is 2.65. The van der Waals surface area contributed by atoms with Gasteiger partial charge in [0, 0.05) is 7.11 Å². The van der Waals surface area contributed by atoms with Crippen molar-refractivity contribution in [1.29, 1.82) is 0 Å². The van der Waals surface area contributed by atoms with Gasteiger partial charge >= 0.3 is 5.97 Å². The van der Waals surface area contributed by atoms with Crippen molar-refractivity contribution in [2.24, 2.45) is 11.7 Å². The van der Waals surface area contributed by atoms with Gasteiger partial charge in [-0.15, -0.1) is 0 Å². The number of rotatable bonds is 7. The summed E-state index contributed by atoms with van der Waals surface area (Å²) in [6.07, 6.45) is 0.750. The Morgan fingerprint density at radius 3 is 2.35 bits per heavy atom. The number of carbonyl (C=O) groups excluding carboxylic acids is 2. The Bertz CT molecular complexity index is 258. The highest BCUT2D eigenvalue weighted by Crippen LogP contribution is 2.09. The Balaban J connectivity index is 4.53. The zero-order chi connectivity index (χ0) is 13.4. The number of nitrogens with two attached hydrogens (primary N) is 1. The highest BCUT2D eigenvalue weighted by Gasteiger charge is 2.28. The Labute approximate surface area is 102 Å². The first-order valence-electron chi connectivity index (χ1n) is 5.60. The number of esters is 1. The molecule has 0 aromatic heterocycles. The standard InChI is InChI=1S/C11H22N2O4/c1-5-7(2)9(11(15)17-4)13-10(14)8(12)6-16-3/h7-9H,5-6,12H2,1-4H3,(H,13,14). The maximum atomic E-state index is 11.7. The number of hydrogen-bond donors (Lipinski definition) is 2. The monoisotopic (exact) mass is 246 g/mol. The molecule has 0 aromatic rings. The van der Waals surface area contributed by atoms with Gasteiger partial charge in [0.15, 0.2) is 0 Å². The minimum atomic E-state index is -0.781. The number of ether oxygens (including phenoxy) is 2. The molecule has 0 heterocycles. The smallest absolute Gasteiger partial charge is 0.328 e. The molecule has 3 atom stereocenters. The van der Waals surface area contributed by atoms with E-state index >= 15 is 0 Å². The predicted molar refractivity (Wildman–Crippen MR) is 63.3 cm³/mol. The van der Waals surface area contributed by atoms with Gasteiger partial charge in [0.05, 0.1) is 13.7 Å². The lowest BCUT2D eigenvalue weighted by Gasteiger charge is -2.23. The van der Waals surface area contributed by atoms with Gasteiger partial charge in [-0.3, -0.25) is 4.79 Å². The van der Waals surface area contributed by atoms with E-state index in [4.69, 9.17) is 10.5 Å².